The molecule has 0 bridgehead atoms. The SMILES string of the molecule is CC(C)(C)OC(=O)COC1CCN(C(=O)CNC(=O)OCc2ccccc2)CC1. The Morgan fingerprint density at radius 3 is 2.38 bits per heavy atom. The van der Waals surface area contributed by atoms with Crippen molar-refractivity contribution in [2.45, 2.75) is 51.9 Å². The fraction of sp³-hybridized carbons (Fsp3) is 0.571. The first-order chi connectivity index (χ1) is 13.7. The normalized spacial score (nSPS) is 14.9. The maximum Gasteiger partial charge on any atom is 0.407 e. The summed E-state index contributed by atoms with van der Waals surface area (Å²) in [5.41, 5.74) is 0.341. The van der Waals surface area contributed by atoms with Crippen molar-refractivity contribution in [3.63, 3.8) is 0 Å². The minimum absolute atomic E-state index is 0.0876. The van der Waals surface area contributed by atoms with Crippen LogP contribution < -0.4 is 5.32 Å². The Kier molecular flexibility index (Phi) is 8.45. The number of carbonyl (C=O) groups excluding carboxylic acids is 3. The van der Waals surface area contributed by atoms with Crippen molar-refractivity contribution in [1.29, 1.82) is 0 Å². The van der Waals surface area contributed by atoms with Crippen LogP contribution in [0.1, 0.15) is 39.2 Å². The summed E-state index contributed by atoms with van der Waals surface area (Å²) in [5.74, 6) is -0.568. The van der Waals surface area contributed by atoms with Crippen LogP contribution in [0, 0.1) is 0 Å². The van der Waals surface area contributed by atoms with Gasteiger partial charge in [-0.3, -0.25) is 4.79 Å². The highest BCUT2D eigenvalue weighted by atomic mass is 16.6. The first-order valence-corrected chi connectivity index (χ1v) is 9.79. The number of benzene rings is 1. The van der Waals surface area contributed by atoms with E-state index in [1.165, 1.54) is 0 Å². The van der Waals surface area contributed by atoms with Crippen molar-refractivity contribution >= 4 is 18.0 Å². The second kappa shape index (κ2) is 10.8. The summed E-state index contributed by atoms with van der Waals surface area (Å²) in [4.78, 5) is 37.4. The Balaban J connectivity index is 1.60. The number of hydrogen-bond donors (Lipinski definition) is 1. The van der Waals surface area contributed by atoms with Crippen LogP contribution in [0.25, 0.3) is 0 Å². The van der Waals surface area contributed by atoms with Crippen LogP contribution in [-0.2, 0) is 30.4 Å². The van der Waals surface area contributed by atoms with Crippen LogP contribution in [0.4, 0.5) is 4.79 Å². The summed E-state index contributed by atoms with van der Waals surface area (Å²) >= 11 is 0. The van der Waals surface area contributed by atoms with Crippen LogP contribution in [0.15, 0.2) is 30.3 Å². The molecule has 0 saturated carbocycles. The van der Waals surface area contributed by atoms with Gasteiger partial charge < -0.3 is 24.4 Å². The van der Waals surface area contributed by atoms with Gasteiger partial charge in [0.15, 0.2) is 0 Å². The number of rotatable bonds is 7. The molecule has 8 heteroatoms. The lowest BCUT2D eigenvalue weighted by Crippen LogP contribution is -2.45. The van der Waals surface area contributed by atoms with Crippen LogP contribution in [0.3, 0.4) is 0 Å². The molecule has 8 nitrogen and oxygen atoms in total. The van der Waals surface area contributed by atoms with Gasteiger partial charge in [-0.2, -0.15) is 0 Å². The van der Waals surface area contributed by atoms with Gasteiger partial charge in [-0.15, -0.1) is 0 Å². The molecule has 0 radical (unpaired) electrons. The monoisotopic (exact) mass is 406 g/mol. The van der Waals surface area contributed by atoms with E-state index < -0.39 is 17.7 Å². The Labute approximate surface area is 171 Å². The number of carbonyl (C=O) groups is 3. The summed E-state index contributed by atoms with van der Waals surface area (Å²) in [7, 11) is 0. The number of nitrogens with one attached hydrogen (secondary N) is 1. The fourth-order valence-electron chi connectivity index (χ4n) is 2.86. The molecule has 0 aliphatic carbocycles. The third-order valence-electron chi connectivity index (χ3n) is 4.25. The Bertz CT molecular complexity index is 678. The molecular formula is C21H30N2O6. The molecule has 160 valence electrons. The third kappa shape index (κ3) is 8.95. The second-order valence-corrected chi connectivity index (χ2v) is 7.89. The van der Waals surface area contributed by atoms with Crippen LogP contribution in [-0.4, -0.2) is 60.8 Å². The van der Waals surface area contributed by atoms with E-state index in [0.29, 0.717) is 25.9 Å². The van der Waals surface area contributed by atoms with Crippen LogP contribution in [0.5, 0.6) is 0 Å². The molecule has 1 saturated heterocycles. The van der Waals surface area contributed by atoms with Crippen molar-refractivity contribution in [3.8, 4) is 0 Å². The largest absolute Gasteiger partial charge is 0.458 e. The molecule has 1 fully saturated rings. The lowest BCUT2D eigenvalue weighted by atomic mass is 10.1. The predicted molar refractivity (Wildman–Crippen MR) is 106 cm³/mol. The minimum atomic E-state index is -0.627. The zero-order valence-corrected chi connectivity index (χ0v) is 17.3. The Hall–Kier alpha value is -2.61. The zero-order valence-electron chi connectivity index (χ0n) is 17.3. The number of piperidine rings is 1. The molecule has 0 aromatic heterocycles. The summed E-state index contributed by atoms with van der Waals surface area (Å²) in [6.45, 7) is 6.39. The van der Waals surface area contributed by atoms with Gasteiger partial charge >= 0.3 is 12.1 Å². The summed E-state index contributed by atoms with van der Waals surface area (Å²) in [5, 5.41) is 2.48. The zero-order chi connectivity index (χ0) is 21.3. The van der Waals surface area contributed by atoms with Crippen molar-refractivity contribution in [1.82, 2.24) is 10.2 Å². The van der Waals surface area contributed by atoms with Gasteiger partial charge in [-0.25, -0.2) is 9.59 Å². The highest BCUT2D eigenvalue weighted by molar-refractivity contribution is 5.82. The van der Waals surface area contributed by atoms with E-state index in [0.717, 1.165) is 5.56 Å². The third-order valence-corrected chi connectivity index (χ3v) is 4.25. The average Bonchev–Trinajstić information content (AvgIpc) is 2.69. The van der Waals surface area contributed by atoms with Gasteiger partial charge in [-0.1, -0.05) is 30.3 Å². The summed E-state index contributed by atoms with van der Waals surface area (Å²) in [6.07, 6.45) is 0.549. The molecule has 0 unspecified atom stereocenters. The predicted octanol–water partition coefficient (Wildman–Crippen LogP) is 2.26. The van der Waals surface area contributed by atoms with Crippen LogP contribution in [0.2, 0.25) is 0 Å². The maximum absolute atomic E-state index is 12.2. The van der Waals surface area contributed by atoms with Gasteiger partial charge in [0.2, 0.25) is 5.91 Å². The number of nitrogens with zero attached hydrogens (tertiary/aromatic N) is 1. The lowest BCUT2D eigenvalue weighted by Gasteiger charge is -2.32. The van der Waals surface area contributed by atoms with Crippen molar-refractivity contribution < 1.29 is 28.6 Å². The van der Waals surface area contributed by atoms with E-state index in [-0.39, 0.29) is 31.8 Å². The van der Waals surface area contributed by atoms with Crippen LogP contribution >= 0.6 is 0 Å². The van der Waals surface area contributed by atoms with Crippen molar-refractivity contribution in [3.05, 3.63) is 35.9 Å². The molecule has 2 amide bonds. The second-order valence-electron chi connectivity index (χ2n) is 7.89. The quantitative estimate of drug-likeness (QED) is 0.698. The molecule has 1 aliphatic rings. The molecule has 0 spiro atoms. The molecule has 29 heavy (non-hydrogen) atoms. The first kappa shape index (κ1) is 22.7. The van der Waals surface area contributed by atoms with E-state index in [4.69, 9.17) is 14.2 Å². The lowest BCUT2D eigenvalue weighted by molar-refractivity contribution is -0.163. The number of likely N-dealkylation sites (tertiary alicyclic amines) is 1. The smallest absolute Gasteiger partial charge is 0.407 e. The maximum atomic E-state index is 12.2. The first-order valence-electron chi connectivity index (χ1n) is 9.79. The number of amides is 2. The van der Waals surface area contributed by atoms with Gasteiger partial charge in [0.1, 0.15) is 25.4 Å². The molecular weight excluding hydrogens is 376 g/mol. The van der Waals surface area contributed by atoms with Crippen molar-refractivity contribution in [2.75, 3.05) is 26.2 Å². The molecule has 1 N–H and O–H groups in total. The van der Waals surface area contributed by atoms with E-state index in [1.807, 2.05) is 30.3 Å². The molecule has 2 rings (SSSR count). The minimum Gasteiger partial charge on any atom is -0.458 e. The highest BCUT2D eigenvalue weighted by Crippen LogP contribution is 2.14. The van der Waals surface area contributed by atoms with Gasteiger partial charge in [0, 0.05) is 13.1 Å². The van der Waals surface area contributed by atoms with E-state index in [2.05, 4.69) is 5.32 Å². The Morgan fingerprint density at radius 1 is 1.10 bits per heavy atom. The topological polar surface area (TPSA) is 94.2 Å². The average molecular weight is 406 g/mol. The van der Waals surface area contributed by atoms with E-state index in [1.54, 1.807) is 25.7 Å². The van der Waals surface area contributed by atoms with E-state index >= 15 is 0 Å². The number of hydrogen-bond acceptors (Lipinski definition) is 6. The standard InChI is InChI=1S/C21H30N2O6/c1-21(2,3)29-19(25)15-27-17-9-11-23(12-10-17)18(24)13-22-20(26)28-14-16-7-5-4-6-8-16/h4-8,17H,9-15H2,1-3H3,(H,22,26). The molecule has 1 heterocycles. The van der Waals surface area contributed by atoms with E-state index in [9.17, 15) is 14.4 Å². The van der Waals surface area contributed by atoms with Gasteiger partial charge in [-0.05, 0) is 39.2 Å². The van der Waals surface area contributed by atoms with Crippen molar-refractivity contribution in [2.24, 2.45) is 0 Å². The number of ether oxygens (including phenoxy) is 3. The molecule has 1 aliphatic heterocycles. The fourth-order valence-corrected chi connectivity index (χ4v) is 2.86. The number of alkyl carbamates (subject to hydrolysis) is 1. The number of esters is 1. The molecule has 1 aromatic rings. The summed E-state index contributed by atoms with van der Waals surface area (Å²) < 4.78 is 15.9. The van der Waals surface area contributed by atoms with Gasteiger partial charge in [0.05, 0.1) is 6.10 Å². The Morgan fingerprint density at radius 2 is 1.76 bits per heavy atom. The summed E-state index contributed by atoms with van der Waals surface area (Å²) in [6, 6.07) is 9.32. The van der Waals surface area contributed by atoms with Gasteiger partial charge in [0.25, 0.3) is 0 Å². The molecule has 1 aromatic carbocycles. The highest BCUT2D eigenvalue weighted by Gasteiger charge is 2.25. The molecule has 0 atom stereocenters.